The summed E-state index contributed by atoms with van der Waals surface area (Å²) < 4.78 is 1.60. The van der Waals surface area contributed by atoms with E-state index in [2.05, 4.69) is 10.4 Å². The number of aromatic nitrogens is 2. The molecule has 2 aromatic rings. The Hall–Kier alpha value is -1.72. The Morgan fingerprint density at radius 3 is 2.84 bits per heavy atom. The lowest BCUT2D eigenvalue weighted by Crippen LogP contribution is -2.15. The van der Waals surface area contributed by atoms with Crippen LogP contribution in [0, 0.1) is 0 Å². The number of rotatable bonds is 4. The normalized spacial score (nSPS) is 10.4. The molecule has 0 saturated carbocycles. The summed E-state index contributed by atoms with van der Waals surface area (Å²) in [5.41, 5.74) is 6.72. The van der Waals surface area contributed by atoms with Crippen LogP contribution in [0.4, 0.5) is 11.4 Å². The third-order valence-electron chi connectivity index (χ3n) is 2.46. The molecular weight excluding hydrogens is 287 g/mol. The Bertz CT molecular complexity index is 597. The van der Waals surface area contributed by atoms with E-state index in [1.54, 1.807) is 29.1 Å². The van der Waals surface area contributed by atoms with Crippen LogP contribution in [0.1, 0.15) is 6.42 Å². The van der Waals surface area contributed by atoms with Crippen molar-refractivity contribution in [2.24, 2.45) is 0 Å². The molecule has 0 radical (unpaired) electrons. The van der Waals surface area contributed by atoms with Crippen LogP contribution in [0.5, 0.6) is 0 Å². The van der Waals surface area contributed by atoms with Crippen LogP contribution in [-0.2, 0) is 11.3 Å². The van der Waals surface area contributed by atoms with Gasteiger partial charge in [0.15, 0.2) is 0 Å². The number of amides is 1. The van der Waals surface area contributed by atoms with Crippen molar-refractivity contribution in [1.29, 1.82) is 0 Å². The van der Waals surface area contributed by atoms with Gasteiger partial charge < -0.3 is 11.1 Å². The average molecular weight is 299 g/mol. The van der Waals surface area contributed by atoms with E-state index < -0.39 is 0 Å². The number of nitrogens with zero attached hydrogens (tertiary/aromatic N) is 2. The second kappa shape index (κ2) is 5.95. The zero-order valence-corrected chi connectivity index (χ0v) is 11.4. The van der Waals surface area contributed by atoms with E-state index in [-0.39, 0.29) is 12.3 Å². The van der Waals surface area contributed by atoms with Crippen molar-refractivity contribution in [2.45, 2.75) is 13.0 Å². The maximum absolute atomic E-state index is 11.8. The lowest BCUT2D eigenvalue weighted by Gasteiger charge is -2.08. The molecule has 0 bridgehead atoms. The molecule has 1 amide bonds. The van der Waals surface area contributed by atoms with Crippen molar-refractivity contribution in [3.63, 3.8) is 0 Å². The number of anilines is 2. The second-order valence-electron chi connectivity index (χ2n) is 3.95. The van der Waals surface area contributed by atoms with E-state index in [1.165, 1.54) is 6.20 Å². The molecule has 3 N–H and O–H groups in total. The van der Waals surface area contributed by atoms with E-state index >= 15 is 0 Å². The second-order valence-corrected chi connectivity index (χ2v) is 4.82. The molecule has 19 heavy (non-hydrogen) atoms. The third-order valence-corrected chi connectivity index (χ3v) is 2.89. The predicted molar refractivity (Wildman–Crippen MR) is 76.3 cm³/mol. The molecule has 0 unspecified atom stereocenters. The monoisotopic (exact) mass is 298 g/mol. The first-order chi connectivity index (χ1) is 9.04. The van der Waals surface area contributed by atoms with Gasteiger partial charge in [-0.15, -0.1) is 0 Å². The number of carbonyl (C=O) groups is 1. The first-order valence-corrected chi connectivity index (χ1v) is 6.33. The van der Waals surface area contributed by atoms with Gasteiger partial charge in [0.05, 0.1) is 22.6 Å². The van der Waals surface area contributed by atoms with Crippen LogP contribution in [0.25, 0.3) is 0 Å². The molecule has 0 saturated heterocycles. The predicted octanol–water partition coefficient (Wildman–Crippen LogP) is 2.80. The first-order valence-electron chi connectivity index (χ1n) is 5.57. The Kier molecular flexibility index (Phi) is 4.29. The number of hydrogen-bond acceptors (Lipinski definition) is 3. The van der Waals surface area contributed by atoms with Gasteiger partial charge in [-0.25, -0.2) is 0 Å². The number of nitrogens with one attached hydrogen (secondary N) is 1. The molecule has 1 heterocycles. The van der Waals surface area contributed by atoms with Gasteiger partial charge in [-0.2, -0.15) is 5.10 Å². The van der Waals surface area contributed by atoms with Crippen LogP contribution in [0.2, 0.25) is 10.0 Å². The third kappa shape index (κ3) is 3.87. The van der Waals surface area contributed by atoms with E-state index in [0.717, 1.165) is 0 Å². The van der Waals surface area contributed by atoms with E-state index in [9.17, 15) is 4.79 Å². The molecule has 7 heteroatoms. The number of nitrogens with two attached hydrogens (primary N) is 1. The SMILES string of the molecule is Nc1ccc(Cl)cc1NC(=O)CCn1cc(Cl)cn1. The Morgan fingerprint density at radius 2 is 2.16 bits per heavy atom. The van der Waals surface area contributed by atoms with Gasteiger partial charge in [0, 0.05) is 24.2 Å². The molecule has 0 aliphatic rings. The molecule has 0 spiro atoms. The van der Waals surface area contributed by atoms with Crippen molar-refractivity contribution >= 4 is 40.5 Å². The van der Waals surface area contributed by atoms with Gasteiger partial charge in [-0.3, -0.25) is 9.48 Å². The summed E-state index contributed by atoms with van der Waals surface area (Å²) >= 11 is 11.6. The summed E-state index contributed by atoms with van der Waals surface area (Å²) in [6.45, 7) is 0.443. The van der Waals surface area contributed by atoms with Gasteiger partial charge in [0.25, 0.3) is 0 Å². The number of carbonyl (C=O) groups excluding carboxylic acids is 1. The highest BCUT2D eigenvalue weighted by atomic mass is 35.5. The highest BCUT2D eigenvalue weighted by Crippen LogP contribution is 2.22. The summed E-state index contributed by atoms with van der Waals surface area (Å²) in [7, 11) is 0. The number of benzene rings is 1. The Morgan fingerprint density at radius 1 is 1.37 bits per heavy atom. The smallest absolute Gasteiger partial charge is 0.226 e. The zero-order valence-electron chi connectivity index (χ0n) is 9.94. The summed E-state index contributed by atoms with van der Waals surface area (Å²) in [5, 5.41) is 7.75. The Balaban J connectivity index is 1.92. The van der Waals surface area contributed by atoms with E-state index in [4.69, 9.17) is 28.9 Å². The van der Waals surface area contributed by atoms with Crippen LogP contribution in [0.15, 0.2) is 30.6 Å². The van der Waals surface area contributed by atoms with Crippen molar-refractivity contribution in [3.05, 3.63) is 40.6 Å². The minimum Gasteiger partial charge on any atom is -0.397 e. The molecule has 0 aliphatic carbocycles. The molecule has 0 atom stereocenters. The van der Waals surface area contributed by atoms with Crippen molar-refractivity contribution < 1.29 is 4.79 Å². The van der Waals surface area contributed by atoms with Crippen LogP contribution in [0.3, 0.4) is 0 Å². The molecular formula is C12H12Cl2N4O. The maximum Gasteiger partial charge on any atom is 0.226 e. The maximum atomic E-state index is 11.8. The van der Waals surface area contributed by atoms with Crippen molar-refractivity contribution in [3.8, 4) is 0 Å². The number of halogens is 2. The molecule has 0 fully saturated rings. The fourth-order valence-corrected chi connectivity index (χ4v) is 1.85. The average Bonchev–Trinajstić information content (AvgIpc) is 2.77. The van der Waals surface area contributed by atoms with Gasteiger partial charge in [-0.1, -0.05) is 23.2 Å². The molecule has 0 aliphatic heterocycles. The molecule has 1 aromatic heterocycles. The van der Waals surface area contributed by atoms with Crippen molar-refractivity contribution in [2.75, 3.05) is 11.1 Å². The van der Waals surface area contributed by atoms with Crippen LogP contribution < -0.4 is 11.1 Å². The van der Waals surface area contributed by atoms with E-state index in [0.29, 0.717) is 28.0 Å². The van der Waals surface area contributed by atoms with Crippen LogP contribution >= 0.6 is 23.2 Å². The van der Waals surface area contributed by atoms with Gasteiger partial charge in [0.2, 0.25) is 5.91 Å². The number of nitrogen functional groups attached to an aromatic ring is 1. The van der Waals surface area contributed by atoms with E-state index in [1.807, 2.05) is 0 Å². The quantitative estimate of drug-likeness (QED) is 0.853. The highest BCUT2D eigenvalue weighted by molar-refractivity contribution is 6.31. The number of hydrogen-bond donors (Lipinski definition) is 2. The standard InChI is InChI=1S/C12H12Cl2N4O/c13-8-1-2-10(15)11(5-8)17-12(19)3-4-18-7-9(14)6-16-18/h1-2,5-7H,3-4,15H2,(H,17,19). The largest absolute Gasteiger partial charge is 0.397 e. The summed E-state index contributed by atoms with van der Waals surface area (Å²) in [4.78, 5) is 11.8. The molecule has 5 nitrogen and oxygen atoms in total. The number of aryl methyl sites for hydroxylation is 1. The van der Waals surface area contributed by atoms with Crippen LogP contribution in [-0.4, -0.2) is 15.7 Å². The molecule has 1 aromatic carbocycles. The molecule has 100 valence electrons. The lowest BCUT2D eigenvalue weighted by molar-refractivity contribution is -0.116. The summed E-state index contributed by atoms with van der Waals surface area (Å²) in [5.74, 6) is -0.166. The van der Waals surface area contributed by atoms with Gasteiger partial charge >= 0.3 is 0 Å². The van der Waals surface area contributed by atoms with Gasteiger partial charge in [0.1, 0.15) is 0 Å². The fraction of sp³-hybridized carbons (Fsp3) is 0.167. The first kappa shape index (κ1) is 13.7. The summed E-state index contributed by atoms with van der Waals surface area (Å²) in [6, 6.07) is 4.92. The molecule has 2 rings (SSSR count). The minimum absolute atomic E-state index is 0.166. The fourth-order valence-electron chi connectivity index (χ4n) is 1.53. The highest BCUT2D eigenvalue weighted by Gasteiger charge is 2.06. The van der Waals surface area contributed by atoms with Crippen molar-refractivity contribution in [1.82, 2.24) is 9.78 Å². The summed E-state index contributed by atoms with van der Waals surface area (Å²) in [6.07, 6.45) is 3.45. The minimum atomic E-state index is -0.166. The zero-order chi connectivity index (χ0) is 13.8. The topological polar surface area (TPSA) is 72.9 Å². The Labute approximate surface area is 120 Å². The lowest BCUT2D eigenvalue weighted by atomic mass is 10.2. The van der Waals surface area contributed by atoms with Gasteiger partial charge in [-0.05, 0) is 18.2 Å².